The quantitative estimate of drug-likeness (QED) is 0.369. The number of carbonyl (C=O) groups is 1. The molecule has 4 nitrogen and oxygen atoms in total. The molecule has 36 valence electrons. The Labute approximate surface area is 36.4 Å². The van der Waals surface area contributed by atoms with E-state index in [9.17, 15) is 4.79 Å². The maximum Gasteiger partial charge on any atom is 0.405 e. The molecule has 0 bridgehead atoms. The summed E-state index contributed by atoms with van der Waals surface area (Å²) in [7, 11) is 0. The van der Waals surface area contributed by atoms with E-state index in [-0.39, 0.29) is 6.67 Å². The van der Waals surface area contributed by atoms with Gasteiger partial charge in [0.25, 0.3) is 1.43 Å². The van der Waals surface area contributed by atoms with Crippen LogP contribution in [0.25, 0.3) is 1.43 Å². The normalized spacial score (nSPS) is 9.17. The fraction of sp³-hybridized carbons (Fsp3) is 0.500. The highest BCUT2D eigenvalue weighted by molar-refractivity contribution is 5.64. The summed E-state index contributed by atoms with van der Waals surface area (Å²) in [6, 6.07) is 0. The molecule has 0 fully saturated rings. The molecule has 0 atom stereocenters. The summed E-state index contributed by atoms with van der Waals surface area (Å²) >= 11 is 0. The molecular formula is C2H6N2O2. The van der Waals surface area contributed by atoms with Gasteiger partial charge in [0.15, 0.2) is 0 Å². The Morgan fingerprint density at radius 1 is 2.33 bits per heavy atom. The predicted molar refractivity (Wildman–Crippen MR) is 20.2 cm³/mol. The van der Waals surface area contributed by atoms with Crippen molar-refractivity contribution in [3.8, 4) is 0 Å². The van der Waals surface area contributed by atoms with E-state index in [0.29, 0.717) is 0 Å². The summed E-state index contributed by atoms with van der Waals surface area (Å²) in [6.45, 7) is -0.00227. The zero-order chi connectivity index (χ0) is 5.70. The minimum absolute atomic E-state index is 0.00227. The van der Waals surface area contributed by atoms with E-state index in [1.807, 2.05) is 5.32 Å². The highest BCUT2D eigenvalue weighted by atomic mass is 16.4. The number of amides is 1. The summed E-state index contributed by atoms with van der Waals surface area (Å²) in [5, 5.41) is 5.43. The van der Waals surface area contributed by atoms with Gasteiger partial charge < -0.3 is 16.2 Å². The fourth-order valence-electron chi connectivity index (χ4n) is 0.0833. The monoisotopic (exact) mass is 91.0 g/mol. The van der Waals surface area contributed by atoms with Crippen molar-refractivity contribution in [2.24, 2.45) is 5.73 Å². The van der Waals surface area contributed by atoms with Gasteiger partial charge in [-0.25, -0.2) is 4.79 Å². The van der Waals surface area contributed by atoms with Crippen molar-refractivity contribution in [3.05, 3.63) is 0 Å². The first-order chi connectivity index (χ1) is 3.31. The van der Waals surface area contributed by atoms with E-state index in [2.05, 4.69) is 5.11 Å². The Morgan fingerprint density at radius 3 is 3.17 bits per heavy atom. The van der Waals surface area contributed by atoms with Crippen LogP contribution in [0.2, 0.25) is 0 Å². The zero-order valence-electron chi connectivity index (χ0n) is 4.10. The Morgan fingerprint density at radius 2 is 3.00 bits per heavy atom. The number of rotatable bonds is 1. The molecule has 4 N–H and O–H groups in total. The van der Waals surface area contributed by atoms with Gasteiger partial charge in [-0.2, -0.15) is 0 Å². The largest absolute Gasteiger partial charge is 0.465 e. The van der Waals surface area contributed by atoms with Crippen LogP contribution in [-0.4, -0.2) is 17.9 Å². The van der Waals surface area contributed by atoms with Crippen molar-refractivity contribution in [2.45, 2.75) is 0 Å². The van der Waals surface area contributed by atoms with Gasteiger partial charge in [-0.1, -0.05) is 0 Å². The number of nitrogens with two attached hydrogens (primary N) is 1. The standard InChI is InChI=1S/C2H6N2O2/c3-1-4-2(5)6/h4H,1,3H2,(H,5,6)/i/hD. The van der Waals surface area contributed by atoms with Gasteiger partial charge in [-0.05, 0) is 0 Å². The third-order valence-corrected chi connectivity index (χ3v) is 0.246. The predicted octanol–water partition coefficient (Wildman–Crippen LogP) is -0.830. The Kier molecular flexibility index (Phi) is 1.41. The third kappa shape index (κ3) is 3.23. The van der Waals surface area contributed by atoms with Crippen molar-refractivity contribution in [3.63, 3.8) is 0 Å². The van der Waals surface area contributed by atoms with Crippen molar-refractivity contribution in [1.82, 2.24) is 5.32 Å². The summed E-state index contributed by atoms with van der Waals surface area (Å²) in [5.41, 5.74) is 4.81. The fourth-order valence-corrected chi connectivity index (χ4v) is 0.0833. The minimum Gasteiger partial charge on any atom is -0.465 e. The maximum atomic E-state index is 9.81. The third-order valence-electron chi connectivity index (χ3n) is 0.246. The van der Waals surface area contributed by atoms with Gasteiger partial charge in [-0.15, -0.1) is 0 Å². The van der Waals surface area contributed by atoms with Gasteiger partial charge in [-0.3, -0.25) is 0 Å². The summed E-state index contributed by atoms with van der Waals surface area (Å²) in [6.07, 6.45) is -0.831. The van der Waals surface area contributed by atoms with E-state index in [4.69, 9.17) is 7.16 Å². The first-order valence-electron chi connectivity index (χ1n) is 1.83. The van der Waals surface area contributed by atoms with E-state index in [0.717, 1.165) is 0 Å². The van der Waals surface area contributed by atoms with Crippen LogP contribution in [0.15, 0.2) is 0 Å². The molecular weight excluding hydrogens is 84.0 g/mol. The van der Waals surface area contributed by atoms with Crippen LogP contribution >= 0.6 is 0 Å². The van der Waals surface area contributed by atoms with Gasteiger partial charge in [0, 0.05) is 0 Å². The molecule has 0 spiro atoms. The number of hydrogen-bond acceptors (Lipinski definition) is 3. The molecule has 0 saturated carbocycles. The molecule has 4 heteroatoms. The lowest BCUT2D eigenvalue weighted by molar-refractivity contribution is 0.195. The van der Waals surface area contributed by atoms with E-state index >= 15 is 0 Å². The molecule has 0 aliphatic carbocycles. The van der Waals surface area contributed by atoms with Crippen LogP contribution in [0, 0.1) is 0 Å². The number of hydrogen-bond donors (Lipinski definition) is 3. The number of carboxylic acid groups (broad SMARTS) is 1. The van der Waals surface area contributed by atoms with Crippen molar-refractivity contribution in [1.29, 1.82) is 1.43 Å². The Hall–Kier alpha value is -0.770. The first kappa shape index (κ1) is 3.42. The molecule has 1 amide bonds. The smallest absolute Gasteiger partial charge is 0.405 e. The maximum absolute atomic E-state index is 9.81. The lowest BCUT2D eigenvalue weighted by Crippen LogP contribution is -2.27. The summed E-state index contributed by atoms with van der Waals surface area (Å²) < 4.78 is 5.94. The molecule has 0 aliphatic heterocycles. The highest BCUT2D eigenvalue weighted by Gasteiger charge is 1.83. The zero-order valence-corrected chi connectivity index (χ0v) is 3.10. The second-order valence-corrected chi connectivity index (χ2v) is 0.668. The molecule has 0 saturated heterocycles. The van der Waals surface area contributed by atoms with Gasteiger partial charge in [0.1, 0.15) is 0 Å². The van der Waals surface area contributed by atoms with Gasteiger partial charge in [0.2, 0.25) is 0 Å². The minimum atomic E-state index is -0.831. The SMILES string of the molecule is [2H]OC(=O)NCN. The molecule has 6 heavy (non-hydrogen) atoms. The van der Waals surface area contributed by atoms with Crippen LogP contribution in [0.4, 0.5) is 4.79 Å². The Balaban J connectivity index is 3.00. The molecule has 0 aromatic heterocycles. The lowest BCUT2D eigenvalue weighted by atomic mass is 11.0. The lowest BCUT2D eigenvalue weighted by Gasteiger charge is -1.87. The highest BCUT2D eigenvalue weighted by Crippen LogP contribution is 1.49. The van der Waals surface area contributed by atoms with Crippen LogP contribution in [0.3, 0.4) is 0 Å². The molecule has 0 aromatic carbocycles. The molecule has 0 heterocycles. The molecule has 0 aromatic rings. The summed E-state index contributed by atoms with van der Waals surface area (Å²) in [5.74, 6) is 0. The van der Waals surface area contributed by atoms with Gasteiger partial charge >= 0.3 is 6.09 Å². The van der Waals surface area contributed by atoms with Crippen LogP contribution in [0.5, 0.6) is 0 Å². The van der Waals surface area contributed by atoms with Crippen molar-refractivity contribution < 1.29 is 9.90 Å². The van der Waals surface area contributed by atoms with Crippen LogP contribution < -0.4 is 11.1 Å². The first-order valence-corrected chi connectivity index (χ1v) is 1.42. The second-order valence-electron chi connectivity index (χ2n) is 0.668. The van der Waals surface area contributed by atoms with E-state index in [1.54, 1.807) is 0 Å². The average molecular weight is 91.1 g/mol. The molecule has 0 aliphatic rings. The van der Waals surface area contributed by atoms with Crippen molar-refractivity contribution >= 4 is 6.09 Å². The van der Waals surface area contributed by atoms with Crippen LogP contribution in [0.1, 0.15) is 0 Å². The Bertz CT molecular complexity index is 66.7. The average Bonchev–Trinajstić information content (AvgIpc) is 1.68. The van der Waals surface area contributed by atoms with E-state index in [1.165, 1.54) is 0 Å². The van der Waals surface area contributed by atoms with Crippen molar-refractivity contribution in [2.75, 3.05) is 6.67 Å². The number of nitrogens with one attached hydrogen (secondary N) is 1. The van der Waals surface area contributed by atoms with E-state index < -0.39 is 6.09 Å². The topological polar surface area (TPSA) is 75.3 Å². The molecule has 0 rings (SSSR count). The summed E-state index contributed by atoms with van der Waals surface area (Å²) in [4.78, 5) is 9.81. The van der Waals surface area contributed by atoms with Gasteiger partial charge in [0.05, 0.1) is 6.67 Å². The second kappa shape index (κ2) is 2.47. The van der Waals surface area contributed by atoms with Crippen LogP contribution in [-0.2, 0) is 0 Å². The molecule has 0 radical (unpaired) electrons. The molecule has 0 unspecified atom stereocenters.